The smallest absolute Gasteiger partial charge is 0.252 e. The van der Waals surface area contributed by atoms with Crippen LogP contribution in [0.2, 0.25) is 0 Å². The summed E-state index contributed by atoms with van der Waals surface area (Å²) >= 11 is 0. The summed E-state index contributed by atoms with van der Waals surface area (Å²) in [4.78, 5) is 17.5. The van der Waals surface area contributed by atoms with Crippen molar-refractivity contribution in [2.45, 2.75) is 6.54 Å². The zero-order chi connectivity index (χ0) is 20.4. The van der Waals surface area contributed by atoms with Gasteiger partial charge in [0.1, 0.15) is 11.6 Å². The summed E-state index contributed by atoms with van der Waals surface area (Å²) in [6, 6.07) is 15.3. The number of amides is 1. The summed E-state index contributed by atoms with van der Waals surface area (Å²) in [7, 11) is 3.36. The van der Waals surface area contributed by atoms with Crippen LogP contribution in [0, 0.1) is 5.82 Å². The fraction of sp³-hybridized carbons (Fsp3) is 0.136. The van der Waals surface area contributed by atoms with Gasteiger partial charge in [-0.3, -0.25) is 9.48 Å². The topological polar surface area (TPSA) is 69.0 Å². The standard InChI is InChI=1S/C22H19FN4O2/c1-27-21-19(13-25-27)18(11-20(26-21)15-4-3-5-16(23)10-15)22(28)24-12-14-6-8-17(29-2)9-7-14/h3-11,13H,12H2,1-2H3,(H,24,28). The summed E-state index contributed by atoms with van der Waals surface area (Å²) in [5.74, 6) is 0.143. The highest BCUT2D eigenvalue weighted by Crippen LogP contribution is 2.25. The van der Waals surface area contributed by atoms with Crippen molar-refractivity contribution in [3.63, 3.8) is 0 Å². The number of ether oxygens (including phenoxy) is 1. The van der Waals surface area contributed by atoms with E-state index in [0.29, 0.717) is 34.4 Å². The number of pyridine rings is 1. The number of fused-ring (bicyclic) bond motifs is 1. The lowest BCUT2D eigenvalue weighted by molar-refractivity contribution is 0.0952. The van der Waals surface area contributed by atoms with Gasteiger partial charge in [-0.05, 0) is 35.9 Å². The molecule has 1 N–H and O–H groups in total. The number of nitrogens with zero attached hydrogens (tertiary/aromatic N) is 3. The van der Waals surface area contributed by atoms with Crippen LogP contribution in [-0.2, 0) is 13.6 Å². The molecule has 0 saturated heterocycles. The highest BCUT2D eigenvalue weighted by Gasteiger charge is 2.17. The molecule has 0 radical (unpaired) electrons. The third-order valence-corrected chi connectivity index (χ3v) is 4.68. The molecule has 1 amide bonds. The zero-order valence-electron chi connectivity index (χ0n) is 16.0. The first kappa shape index (κ1) is 18.6. The van der Waals surface area contributed by atoms with Crippen LogP contribution >= 0.6 is 0 Å². The van der Waals surface area contributed by atoms with Crippen LogP contribution in [0.25, 0.3) is 22.3 Å². The molecule has 6 nitrogen and oxygen atoms in total. The van der Waals surface area contributed by atoms with Crippen molar-refractivity contribution < 1.29 is 13.9 Å². The number of carbonyl (C=O) groups excluding carboxylic acids is 1. The monoisotopic (exact) mass is 390 g/mol. The molecule has 4 rings (SSSR count). The Hall–Kier alpha value is -3.74. The highest BCUT2D eigenvalue weighted by atomic mass is 19.1. The van der Waals surface area contributed by atoms with Gasteiger partial charge in [0, 0.05) is 19.2 Å². The maximum atomic E-state index is 13.7. The molecule has 0 fully saturated rings. The van der Waals surface area contributed by atoms with Crippen LogP contribution in [0.1, 0.15) is 15.9 Å². The van der Waals surface area contributed by atoms with E-state index in [2.05, 4.69) is 15.4 Å². The first-order valence-corrected chi connectivity index (χ1v) is 9.05. The highest BCUT2D eigenvalue weighted by molar-refractivity contribution is 6.06. The molecule has 2 aromatic heterocycles. The second kappa shape index (κ2) is 7.71. The van der Waals surface area contributed by atoms with E-state index in [1.807, 2.05) is 24.3 Å². The third-order valence-electron chi connectivity index (χ3n) is 4.68. The molecule has 146 valence electrons. The zero-order valence-corrected chi connectivity index (χ0v) is 16.0. The summed E-state index contributed by atoms with van der Waals surface area (Å²) in [6.07, 6.45) is 1.61. The number of aryl methyl sites for hydroxylation is 1. The average molecular weight is 390 g/mol. The largest absolute Gasteiger partial charge is 0.497 e. The van der Waals surface area contributed by atoms with Crippen molar-refractivity contribution in [2.75, 3.05) is 7.11 Å². The molecule has 29 heavy (non-hydrogen) atoms. The first-order valence-electron chi connectivity index (χ1n) is 9.05. The van der Waals surface area contributed by atoms with Gasteiger partial charge in [0.05, 0.1) is 30.0 Å². The average Bonchev–Trinajstić information content (AvgIpc) is 3.12. The lowest BCUT2D eigenvalue weighted by Gasteiger charge is -2.10. The molecule has 0 saturated carbocycles. The Morgan fingerprint density at radius 2 is 1.97 bits per heavy atom. The van der Waals surface area contributed by atoms with Gasteiger partial charge in [0.15, 0.2) is 5.65 Å². The molecule has 2 heterocycles. The molecular formula is C22H19FN4O2. The van der Waals surface area contributed by atoms with E-state index in [9.17, 15) is 9.18 Å². The Morgan fingerprint density at radius 3 is 2.69 bits per heavy atom. The summed E-state index contributed by atoms with van der Waals surface area (Å²) in [5, 5.41) is 7.78. The maximum Gasteiger partial charge on any atom is 0.252 e. The first-order chi connectivity index (χ1) is 14.0. The van der Waals surface area contributed by atoms with E-state index < -0.39 is 0 Å². The summed E-state index contributed by atoms with van der Waals surface area (Å²) in [5.41, 5.74) is 3.05. The molecule has 0 aliphatic carbocycles. The number of aromatic nitrogens is 3. The molecule has 0 aliphatic heterocycles. The van der Waals surface area contributed by atoms with E-state index >= 15 is 0 Å². The van der Waals surface area contributed by atoms with Crippen LogP contribution < -0.4 is 10.1 Å². The fourth-order valence-electron chi connectivity index (χ4n) is 3.12. The molecule has 4 aromatic rings. The molecule has 0 atom stereocenters. The van der Waals surface area contributed by atoms with E-state index in [-0.39, 0.29) is 11.7 Å². The van der Waals surface area contributed by atoms with Gasteiger partial charge in [0.2, 0.25) is 0 Å². The van der Waals surface area contributed by atoms with E-state index in [0.717, 1.165) is 11.3 Å². The number of hydrogen-bond donors (Lipinski definition) is 1. The molecular weight excluding hydrogens is 371 g/mol. The minimum Gasteiger partial charge on any atom is -0.497 e. The number of nitrogens with one attached hydrogen (secondary N) is 1. The lowest BCUT2D eigenvalue weighted by Crippen LogP contribution is -2.23. The van der Waals surface area contributed by atoms with Crippen LogP contribution in [-0.4, -0.2) is 27.8 Å². The van der Waals surface area contributed by atoms with Crippen LogP contribution in [0.3, 0.4) is 0 Å². The molecule has 0 unspecified atom stereocenters. The van der Waals surface area contributed by atoms with Gasteiger partial charge in [0.25, 0.3) is 5.91 Å². The van der Waals surface area contributed by atoms with Gasteiger partial charge in [-0.1, -0.05) is 24.3 Å². The maximum absolute atomic E-state index is 13.7. The predicted octanol–water partition coefficient (Wildman–Crippen LogP) is 3.71. The van der Waals surface area contributed by atoms with Crippen LogP contribution in [0.5, 0.6) is 5.75 Å². The van der Waals surface area contributed by atoms with Crippen molar-refractivity contribution in [3.8, 4) is 17.0 Å². The van der Waals surface area contributed by atoms with E-state index in [1.165, 1.54) is 12.1 Å². The van der Waals surface area contributed by atoms with Gasteiger partial charge in [-0.15, -0.1) is 0 Å². The summed E-state index contributed by atoms with van der Waals surface area (Å²) < 4.78 is 20.4. The molecule has 0 bridgehead atoms. The Labute approximate surface area is 167 Å². The fourth-order valence-corrected chi connectivity index (χ4v) is 3.12. The predicted molar refractivity (Wildman–Crippen MR) is 108 cm³/mol. The molecule has 0 spiro atoms. The number of halogens is 1. The van der Waals surface area contributed by atoms with Gasteiger partial charge in [-0.25, -0.2) is 9.37 Å². The molecule has 2 aromatic carbocycles. The van der Waals surface area contributed by atoms with Crippen molar-refractivity contribution in [3.05, 3.63) is 77.7 Å². The van der Waals surface area contributed by atoms with E-state index in [4.69, 9.17) is 4.74 Å². The van der Waals surface area contributed by atoms with Gasteiger partial charge in [-0.2, -0.15) is 5.10 Å². The second-order valence-corrected chi connectivity index (χ2v) is 6.60. The summed E-state index contributed by atoms with van der Waals surface area (Å²) in [6.45, 7) is 0.363. The van der Waals surface area contributed by atoms with Crippen molar-refractivity contribution in [2.24, 2.45) is 7.05 Å². The molecule has 0 aliphatic rings. The Balaban J connectivity index is 1.67. The normalized spacial score (nSPS) is 10.9. The number of benzene rings is 2. The third kappa shape index (κ3) is 3.80. The minimum atomic E-state index is -0.361. The van der Waals surface area contributed by atoms with Crippen LogP contribution in [0.15, 0.2) is 60.8 Å². The van der Waals surface area contributed by atoms with Gasteiger partial charge >= 0.3 is 0 Å². The number of carbonyl (C=O) groups is 1. The minimum absolute atomic E-state index is 0.251. The quantitative estimate of drug-likeness (QED) is 0.564. The second-order valence-electron chi connectivity index (χ2n) is 6.60. The molecule has 7 heteroatoms. The lowest BCUT2D eigenvalue weighted by atomic mass is 10.1. The van der Waals surface area contributed by atoms with Crippen molar-refractivity contribution in [1.82, 2.24) is 20.1 Å². The van der Waals surface area contributed by atoms with Crippen molar-refractivity contribution >= 4 is 16.9 Å². The number of methoxy groups -OCH3 is 1. The van der Waals surface area contributed by atoms with Crippen molar-refractivity contribution in [1.29, 1.82) is 0 Å². The SMILES string of the molecule is COc1ccc(CNC(=O)c2cc(-c3cccc(F)c3)nc3c2cnn3C)cc1. The van der Waals surface area contributed by atoms with Crippen LogP contribution in [0.4, 0.5) is 4.39 Å². The number of rotatable bonds is 5. The van der Waals surface area contributed by atoms with E-state index in [1.54, 1.807) is 43.2 Å². The number of hydrogen-bond acceptors (Lipinski definition) is 4. The Morgan fingerprint density at radius 1 is 1.17 bits per heavy atom. The Bertz CT molecular complexity index is 1190. The Kier molecular flexibility index (Phi) is 4.95. The van der Waals surface area contributed by atoms with Gasteiger partial charge < -0.3 is 10.1 Å².